The van der Waals surface area contributed by atoms with Gasteiger partial charge in [-0.1, -0.05) is 40.9 Å². The van der Waals surface area contributed by atoms with Gasteiger partial charge in [0.15, 0.2) is 0 Å². The molecule has 1 aromatic heterocycles. The highest BCUT2D eigenvalue weighted by Gasteiger charge is 2.05. The first-order chi connectivity index (χ1) is 7.16. The predicted octanol–water partition coefficient (Wildman–Crippen LogP) is 3.41. The van der Waals surface area contributed by atoms with Crippen LogP contribution in [-0.4, -0.2) is 9.97 Å². The Balaban J connectivity index is 2.59. The fourth-order valence-corrected chi connectivity index (χ4v) is 1.84. The largest absolute Gasteiger partial charge is 0.244 e. The standard InChI is InChI=1S/C12H11ClN2/c1-8-3-9(2)5-10(4-8)11-6-14-7-15-12(11)13/h3-7H,1-2H3. The van der Waals surface area contributed by atoms with Crippen LogP contribution in [0.2, 0.25) is 5.15 Å². The second-order valence-corrected chi connectivity index (χ2v) is 3.96. The second-order valence-electron chi connectivity index (χ2n) is 3.60. The lowest BCUT2D eigenvalue weighted by molar-refractivity contribution is 1.17. The molecule has 0 saturated heterocycles. The van der Waals surface area contributed by atoms with E-state index in [0.717, 1.165) is 11.1 Å². The summed E-state index contributed by atoms with van der Waals surface area (Å²) in [7, 11) is 0. The van der Waals surface area contributed by atoms with Crippen LogP contribution in [0, 0.1) is 13.8 Å². The number of halogens is 1. The molecule has 0 amide bonds. The molecule has 0 aliphatic rings. The lowest BCUT2D eigenvalue weighted by Crippen LogP contribution is -1.87. The average molecular weight is 219 g/mol. The van der Waals surface area contributed by atoms with Crippen molar-refractivity contribution >= 4 is 11.6 Å². The van der Waals surface area contributed by atoms with Crippen LogP contribution in [0.3, 0.4) is 0 Å². The molecule has 1 heterocycles. The van der Waals surface area contributed by atoms with Crippen LogP contribution in [0.5, 0.6) is 0 Å². The van der Waals surface area contributed by atoms with Crippen LogP contribution in [0.25, 0.3) is 11.1 Å². The van der Waals surface area contributed by atoms with E-state index in [9.17, 15) is 0 Å². The molecule has 2 rings (SSSR count). The number of aryl methyl sites for hydroxylation is 2. The van der Waals surface area contributed by atoms with Crippen molar-refractivity contribution in [2.45, 2.75) is 13.8 Å². The Morgan fingerprint density at radius 3 is 2.33 bits per heavy atom. The van der Waals surface area contributed by atoms with E-state index < -0.39 is 0 Å². The third-order valence-electron chi connectivity index (χ3n) is 2.20. The molecule has 1 aromatic carbocycles. The zero-order chi connectivity index (χ0) is 10.8. The van der Waals surface area contributed by atoms with Crippen molar-refractivity contribution in [3.63, 3.8) is 0 Å². The highest BCUT2D eigenvalue weighted by Crippen LogP contribution is 2.26. The van der Waals surface area contributed by atoms with Crippen LogP contribution in [0.4, 0.5) is 0 Å². The van der Waals surface area contributed by atoms with E-state index in [2.05, 4.69) is 42.0 Å². The molecule has 3 heteroatoms. The first-order valence-electron chi connectivity index (χ1n) is 4.71. The maximum absolute atomic E-state index is 6.01. The van der Waals surface area contributed by atoms with E-state index in [-0.39, 0.29) is 0 Å². The maximum Gasteiger partial charge on any atom is 0.140 e. The fraction of sp³-hybridized carbons (Fsp3) is 0.167. The van der Waals surface area contributed by atoms with Crippen molar-refractivity contribution in [2.75, 3.05) is 0 Å². The summed E-state index contributed by atoms with van der Waals surface area (Å²) in [5, 5.41) is 0.495. The molecule has 0 atom stereocenters. The molecule has 2 nitrogen and oxygen atoms in total. The summed E-state index contributed by atoms with van der Waals surface area (Å²) < 4.78 is 0. The van der Waals surface area contributed by atoms with Crippen LogP contribution in [-0.2, 0) is 0 Å². The van der Waals surface area contributed by atoms with Crippen molar-refractivity contribution in [2.24, 2.45) is 0 Å². The van der Waals surface area contributed by atoms with Gasteiger partial charge in [0.25, 0.3) is 0 Å². The summed E-state index contributed by atoms with van der Waals surface area (Å²) in [5.41, 5.74) is 4.37. The number of hydrogen-bond donors (Lipinski definition) is 0. The van der Waals surface area contributed by atoms with Gasteiger partial charge in [0.2, 0.25) is 0 Å². The van der Waals surface area contributed by atoms with Gasteiger partial charge in [-0.2, -0.15) is 0 Å². The minimum absolute atomic E-state index is 0.495. The highest BCUT2D eigenvalue weighted by molar-refractivity contribution is 6.32. The van der Waals surface area contributed by atoms with Crippen LogP contribution in [0.1, 0.15) is 11.1 Å². The third-order valence-corrected chi connectivity index (χ3v) is 2.50. The molecule has 0 bridgehead atoms. The molecule has 0 unspecified atom stereocenters. The van der Waals surface area contributed by atoms with Gasteiger partial charge >= 0.3 is 0 Å². The van der Waals surface area contributed by atoms with E-state index >= 15 is 0 Å². The van der Waals surface area contributed by atoms with Gasteiger partial charge in [-0.15, -0.1) is 0 Å². The molecule has 0 N–H and O–H groups in total. The molecule has 0 aliphatic carbocycles. The lowest BCUT2D eigenvalue weighted by Gasteiger charge is -2.05. The molecule has 2 aromatic rings. The van der Waals surface area contributed by atoms with E-state index in [1.54, 1.807) is 6.20 Å². The Morgan fingerprint density at radius 2 is 1.73 bits per heavy atom. The predicted molar refractivity (Wildman–Crippen MR) is 62.0 cm³/mol. The summed E-state index contributed by atoms with van der Waals surface area (Å²) in [6.45, 7) is 4.13. The van der Waals surface area contributed by atoms with Crippen molar-refractivity contribution in [3.8, 4) is 11.1 Å². The van der Waals surface area contributed by atoms with Crippen LogP contribution in [0.15, 0.2) is 30.7 Å². The van der Waals surface area contributed by atoms with Crippen molar-refractivity contribution in [3.05, 3.63) is 47.0 Å². The Labute approximate surface area is 94.0 Å². The summed E-state index contributed by atoms with van der Waals surface area (Å²) >= 11 is 6.01. The van der Waals surface area contributed by atoms with Gasteiger partial charge in [0.1, 0.15) is 11.5 Å². The SMILES string of the molecule is Cc1cc(C)cc(-c2cncnc2Cl)c1. The van der Waals surface area contributed by atoms with Gasteiger partial charge in [-0.3, -0.25) is 0 Å². The van der Waals surface area contributed by atoms with Gasteiger partial charge in [-0.05, 0) is 19.4 Å². The Morgan fingerprint density at radius 1 is 1.07 bits per heavy atom. The number of hydrogen-bond acceptors (Lipinski definition) is 2. The molecule has 0 aliphatic heterocycles. The Hall–Kier alpha value is -1.41. The minimum Gasteiger partial charge on any atom is -0.244 e. The maximum atomic E-state index is 6.01. The number of rotatable bonds is 1. The molecule has 76 valence electrons. The quantitative estimate of drug-likeness (QED) is 0.686. The summed E-state index contributed by atoms with van der Waals surface area (Å²) in [6.07, 6.45) is 3.19. The van der Waals surface area contributed by atoms with Crippen molar-refractivity contribution in [1.29, 1.82) is 0 Å². The van der Waals surface area contributed by atoms with E-state index in [1.165, 1.54) is 17.5 Å². The van der Waals surface area contributed by atoms with Gasteiger partial charge < -0.3 is 0 Å². The summed E-state index contributed by atoms with van der Waals surface area (Å²) in [4.78, 5) is 7.95. The molecule has 15 heavy (non-hydrogen) atoms. The molecule has 0 saturated carbocycles. The number of nitrogens with zero attached hydrogens (tertiary/aromatic N) is 2. The number of benzene rings is 1. The van der Waals surface area contributed by atoms with Gasteiger partial charge in [0.05, 0.1) is 0 Å². The van der Waals surface area contributed by atoms with Crippen LogP contribution < -0.4 is 0 Å². The molecule has 0 fully saturated rings. The third kappa shape index (κ3) is 2.16. The molecular formula is C12H11ClN2. The van der Waals surface area contributed by atoms with Crippen molar-refractivity contribution in [1.82, 2.24) is 9.97 Å². The van der Waals surface area contributed by atoms with Crippen LogP contribution >= 0.6 is 11.6 Å². The molecule has 0 spiro atoms. The second kappa shape index (κ2) is 3.99. The highest BCUT2D eigenvalue weighted by atomic mass is 35.5. The molecule has 0 radical (unpaired) electrons. The van der Waals surface area contributed by atoms with Gasteiger partial charge in [0, 0.05) is 11.8 Å². The zero-order valence-corrected chi connectivity index (χ0v) is 9.42. The molecular weight excluding hydrogens is 208 g/mol. The van der Waals surface area contributed by atoms with Crippen molar-refractivity contribution < 1.29 is 0 Å². The normalized spacial score (nSPS) is 10.3. The van der Waals surface area contributed by atoms with E-state index in [4.69, 9.17) is 11.6 Å². The fourth-order valence-electron chi connectivity index (χ4n) is 1.64. The minimum atomic E-state index is 0.495. The van der Waals surface area contributed by atoms with Gasteiger partial charge in [-0.25, -0.2) is 9.97 Å². The lowest BCUT2D eigenvalue weighted by atomic mass is 10.0. The average Bonchev–Trinajstić information content (AvgIpc) is 2.16. The summed E-state index contributed by atoms with van der Waals surface area (Å²) in [5.74, 6) is 0. The number of aromatic nitrogens is 2. The first kappa shape index (κ1) is 10.1. The Bertz CT molecular complexity index is 474. The van der Waals surface area contributed by atoms with E-state index in [1.807, 2.05) is 0 Å². The topological polar surface area (TPSA) is 25.8 Å². The zero-order valence-electron chi connectivity index (χ0n) is 8.66. The Kier molecular flexibility index (Phi) is 2.69. The summed E-state index contributed by atoms with van der Waals surface area (Å²) in [6, 6.07) is 6.29. The first-order valence-corrected chi connectivity index (χ1v) is 5.09. The monoisotopic (exact) mass is 218 g/mol. The smallest absolute Gasteiger partial charge is 0.140 e. The van der Waals surface area contributed by atoms with E-state index in [0.29, 0.717) is 5.15 Å².